The van der Waals surface area contributed by atoms with Gasteiger partial charge in [-0.2, -0.15) is 0 Å². The molecule has 1 aromatic rings. The monoisotopic (exact) mass is 294 g/mol. The van der Waals surface area contributed by atoms with Crippen molar-refractivity contribution in [3.05, 3.63) is 41.5 Å². The van der Waals surface area contributed by atoms with Crippen molar-refractivity contribution in [2.24, 2.45) is 0 Å². The van der Waals surface area contributed by atoms with Crippen LogP contribution in [0.25, 0.3) is 0 Å². The lowest BCUT2D eigenvalue weighted by Gasteiger charge is -2.13. The predicted molar refractivity (Wildman–Crippen MR) is 82.6 cm³/mol. The third-order valence-corrected chi connectivity index (χ3v) is 4.89. The van der Waals surface area contributed by atoms with Crippen LogP contribution in [0.5, 0.6) is 0 Å². The van der Waals surface area contributed by atoms with Crippen molar-refractivity contribution in [2.45, 2.75) is 37.9 Å². The van der Waals surface area contributed by atoms with Gasteiger partial charge in [0, 0.05) is 12.2 Å². The minimum Gasteiger partial charge on any atom is -0.398 e. The first-order valence-corrected chi connectivity index (χ1v) is 8.71. The number of para-hydroxylation sites is 1. The van der Waals surface area contributed by atoms with Crippen molar-refractivity contribution in [3.63, 3.8) is 0 Å². The van der Waals surface area contributed by atoms with Gasteiger partial charge in [-0.3, -0.25) is 0 Å². The number of rotatable bonds is 6. The zero-order valence-electron chi connectivity index (χ0n) is 11.6. The highest BCUT2D eigenvalue weighted by atomic mass is 32.2. The van der Waals surface area contributed by atoms with Crippen LogP contribution in [-0.2, 0) is 15.8 Å². The molecule has 1 aromatic carbocycles. The quantitative estimate of drug-likeness (QED) is 0.625. The highest BCUT2D eigenvalue weighted by molar-refractivity contribution is 7.88. The van der Waals surface area contributed by atoms with E-state index in [0.29, 0.717) is 17.8 Å². The summed E-state index contributed by atoms with van der Waals surface area (Å²) in [5.41, 5.74) is 8.32. The van der Waals surface area contributed by atoms with E-state index < -0.39 is 10.0 Å². The fourth-order valence-electron chi connectivity index (χ4n) is 2.42. The van der Waals surface area contributed by atoms with Gasteiger partial charge < -0.3 is 5.73 Å². The molecule has 0 amide bonds. The number of hydrogen-bond donors (Lipinski definition) is 2. The summed E-state index contributed by atoms with van der Waals surface area (Å²) in [7, 11) is -3.32. The third-order valence-electron chi connectivity index (χ3n) is 3.55. The van der Waals surface area contributed by atoms with Crippen LogP contribution >= 0.6 is 0 Å². The minimum absolute atomic E-state index is 0.0568. The van der Waals surface area contributed by atoms with Crippen molar-refractivity contribution >= 4 is 15.7 Å². The highest BCUT2D eigenvalue weighted by Gasteiger charge is 2.13. The Morgan fingerprint density at radius 2 is 2.00 bits per heavy atom. The zero-order valence-corrected chi connectivity index (χ0v) is 12.5. The highest BCUT2D eigenvalue weighted by Crippen LogP contribution is 2.19. The van der Waals surface area contributed by atoms with Crippen LogP contribution in [0, 0.1) is 0 Å². The zero-order chi connectivity index (χ0) is 14.4. The van der Waals surface area contributed by atoms with Crippen molar-refractivity contribution in [1.29, 1.82) is 0 Å². The lowest BCUT2D eigenvalue weighted by Crippen LogP contribution is -2.26. The Balaban J connectivity index is 1.85. The van der Waals surface area contributed by atoms with Crippen molar-refractivity contribution in [1.82, 2.24) is 4.72 Å². The van der Waals surface area contributed by atoms with Gasteiger partial charge in [0.1, 0.15) is 0 Å². The maximum Gasteiger partial charge on any atom is 0.215 e. The first-order valence-electron chi connectivity index (χ1n) is 7.05. The summed E-state index contributed by atoms with van der Waals surface area (Å²) >= 11 is 0. The van der Waals surface area contributed by atoms with E-state index in [2.05, 4.69) is 10.8 Å². The summed E-state index contributed by atoms with van der Waals surface area (Å²) in [5.74, 6) is -0.0568. The number of anilines is 1. The molecule has 0 fully saturated rings. The van der Waals surface area contributed by atoms with Gasteiger partial charge in [-0.15, -0.1) is 0 Å². The predicted octanol–water partition coefficient (Wildman–Crippen LogP) is 2.58. The van der Waals surface area contributed by atoms with E-state index in [1.54, 1.807) is 24.3 Å². The fourth-order valence-corrected chi connectivity index (χ4v) is 3.61. The topological polar surface area (TPSA) is 72.2 Å². The van der Waals surface area contributed by atoms with E-state index in [9.17, 15) is 8.42 Å². The number of nitrogens with one attached hydrogen (secondary N) is 1. The van der Waals surface area contributed by atoms with Crippen LogP contribution in [0.1, 0.15) is 37.7 Å². The van der Waals surface area contributed by atoms with Crippen LogP contribution in [0.15, 0.2) is 35.9 Å². The maximum atomic E-state index is 12.0. The van der Waals surface area contributed by atoms with Crippen LogP contribution in [0.4, 0.5) is 5.69 Å². The normalized spacial score (nSPS) is 15.9. The first kappa shape index (κ1) is 15.1. The second-order valence-corrected chi connectivity index (χ2v) is 7.02. The molecule has 0 spiro atoms. The first-order chi connectivity index (χ1) is 9.57. The van der Waals surface area contributed by atoms with Crippen LogP contribution in [-0.4, -0.2) is 15.0 Å². The Kier molecular flexibility index (Phi) is 5.20. The average Bonchev–Trinajstić information content (AvgIpc) is 2.42. The van der Waals surface area contributed by atoms with Crippen molar-refractivity contribution in [2.75, 3.05) is 12.3 Å². The number of benzene rings is 1. The molecular formula is C15H22N2O2S. The molecule has 0 heterocycles. The number of nitrogens with two attached hydrogens (primary N) is 1. The molecule has 1 aliphatic carbocycles. The van der Waals surface area contributed by atoms with Gasteiger partial charge >= 0.3 is 0 Å². The molecule has 5 heteroatoms. The fraction of sp³-hybridized carbons (Fsp3) is 0.467. The largest absolute Gasteiger partial charge is 0.398 e. The van der Waals surface area contributed by atoms with Crippen LogP contribution < -0.4 is 10.5 Å². The maximum absolute atomic E-state index is 12.0. The van der Waals surface area contributed by atoms with E-state index in [0.717, 1.165) is 19.3 Å². The Bertz CT molecular complexity index is 579. The molecule has 0 atom stereocenters. The Morgan fingerprint density at radius 3 is 2.70 bits per heavy atom. The lowest BCUT2D eigenvalue weighted by atomic mass is 9.97. The number of hydrogen-bond acceptors (Lipinski definition) is 3. The average molecular weight is 294 g/mol. The number of sulfonamides is 1. The summed E-state index contributed by atoms with van der Waals surface area (Å²) in [6, 6.07) is 7.07. The Morgan fingerprint density at radius 1 is 1.20 bits per heavy atom. The molecule has 20 heavy (non-hydrogen) atoms. The Hall–Kier alpha value is -1.33. The third kappa shape index (κ3) is 4.65. The molecule has 2 rings (SSSR count). The second kappa shape index (κ2) is 6.90. The molecule has 0 aromatic heterocycles. The summed E-state index contributed by atoms with van der Waals surface area (Å²) in [6.07, 6.45) is 7.76. The van der Waals surface area contributed by atoms with Crippen LogP contribution in [0.2, 0.25) is 0 Å². The van der Waals surface area contributed by atoms with Gasteiger partial charge in [-0.25, -0.2) is 13.1 Å². The standard InChI is InChI=1S/C15H22N2O2S/c16-15-9-5-4-8-14(15)12-20(18,19)17-11-10-13-6-2-1-3-7-13/h4-6,8-9,17H,1-3,7,10-12,16H2. The van der Waals surface area contributed by atoms with Gasteiger partial charge in [-0.05, 0) is 43.7 Å². The van der Waals surface area contributed by atoms with Gasteiger partial charge in [0.2, 0.25) is 10.0 Å². The molecule has 110 valence electrons. The number of allylic oxidation sites excluding steroid dienone is 1. The summed E-state index contributed by atoms with van der Waals surface area (Å²) in [4.78, 5) is 0. The van der Waals surface area contributed by atoms with Gasteiger partial charge in [-0.1, -0.05) is 29.8 Å². The minimum atomic E-state index is -3.32. The molecule has 4 nitrogen and oxygen atoms in total. The lowest BCUT2D eigenvalue weighted by molar-refractivity contribution is 0.578. The Labute approximate surface area is 121 Å². The second-order valence-electron chi connectivity index (χ2n) is 5.21. The van der Waals surface area contributed by atoms with E-state index in [1.165, 1.54) is 18.4 Å². The molecule has 3 N–H and O–H groups in total. The molecule has 0 bridgehead atoms. The summed E-state index contributed by atoms with van der Waals surface area (Å²) in [5, 5.41) is 0. The SMILES string of the molecule is Nc1ccccc1CS(=O)(=O)NCCC1=CCCCC1. The van der Waals surface area contributed by atoms with Crippen molar-refractivity contribution in [3.8, 4) is 0 Å². The molecule has 1 aliphatic rings. The van der Waals surface area contributed by atoms with Crippen molar-refractivity contribution < 1.29 is 8.42 Å². The van der Waals surface area contributed by atoms with Gasteiger partial charge in [0.05, 0.1) is 5.75 Å². The summed E-state index contributed by atoms with van der Waals surface area (Å²) in [6.45, 7) is 0.473. The van der Waals surface area contributed by atoms with E-state index >= 15 is 0 Å². The van der Waals surface area contributed by atoms with E-state index in [1.807, 2.05) is 0 Å². The molecule has 0 aliphatic heterocycles. The summed E-state index contributed by atoms with van der Waals surface area (Å²) < 4.78 is 26.7. The smallest absolute Gasteiger partial charge is 0.215 e. The van der Waals surface area contributed by atoms with Gasteiger partial charge in [0.15, 0.2) is 0 Å². The molecule has 0 saturated carbocycles. The van der Waals surface area contributed by atoms with E-state index in [4.69, 9.17) is 5.73 Å². The van der Waals surface area contributed by atoms with Crippen LogP contribution in [0.3, 0.4) is 0 Å². The van der Waals surface area contributed by atoms with E-state index in [-0.39, 0.29) is 5.75 Å². The molecule has 0 unspecified atom stereocenters. The number of nitrogen functional groups attached to an aromatic ring is 1. The molecular weight excluding hydrogens is 272 g/mol. The molecule has 0 radical (unpaired) electrons. The van der Waals surface area contributed by atoms with Gasteiger partial charge in [0.25, 0.3) is 0 Å². The molecule has 0 saturated heterocycles.